The summed E-state index contributed by atoms with van der Waals surface area (Å²) in [4.78, 5) is 59.0. The number of esters is 4. The Bertz CT molecular complexity index is 1280. The third kappa shape index (κ3) is 46.4. The van der Waals surface area contributed by atoms with Gasteiger partial charge in [-0.25, -0.2) is 0 Å². The van der Waals surface area contributed by atoms with Crippen LogP contribution in [0.1, 0.15) is 324 Å². The number of likely N-dealkylation sites (N-methyl/N-ethyl adjacent to an activating group) is 1. The number of ether oxygens (including phenoxy) is 4. The Morgan fingerprint density at radius 1 is 0.359 bits per heavy atom. The number of carbonyl (C=O) groups is 4. The van der Waals surface area contributed by atoms with Crippen molar-refractivity contribution in [2.75, 3.05) is 66.1 Å². The van der Waals surface area contributed by atoms with Gasteiger partial charge in [0.05, 0.1) is 6.42 Å². The van der Waals surface area contributed by atoms with Crippen LogP contribution in [0.2, 0.25) is 0 Å². The second-order valence-electron chi connectivity index (χ2n) is 23.8. The first-order valence-corrected chi connectivity index (χ1v) is 34.0. The average molecular weight is 1100 g/mol. The predicted octanol–water partition coefficient (Wildman–Crippen LogP) is 17.5. The minimum Gasteiger partial charge on any atom is -0.462 e. The normalized spacial score (nSPS) is 13.4. The molecule has 0 aromatic heterocycles. The van der Waals surface area contributed by atoms with E-state index in [1.807, 2.05) is 0 Å². The van der Waals surface area contributed by atoms with Gasteiger partial charge in [-0.2, -0.15) is 0 Å². The zero-order valence-corrected chi connectivity index (χ0v) is 52.5. The van der Waals surface area contributed by atoms with Gasteiger partial charge in [-0.1, -0.05) is 208 Å². The van der Waals surface area contributed by atoms with Crippen molar-refractivity contribution < 1.29 is 38.1 Å². The van der Waals surface area contributed by atoms with Crippen molar-refractivity contribution in [3.63, 3.8) is 0 Å². The van der Waals surface area contributed by atoms with Crippen LogP contribution in [0.4, 0.5) is 0 Å². The van der Waals surface area contributed by atoms with Gasteiger partial charge >= 0.3 is 23.9 Å². The van der Waals surface area contributed by atoms with Crippen LogP contribution in [0.5, 0.6) is 0 Å². The fraction of sp³-hybridized carbons (Fsp3) is 0.940. The van der Waals surface area contributed by atoms with Gasteiger partial charge in [0.15, 0.2) is 0 Å². The number of piperazine rings is 1. The molecule has 11 heteroatoms. The van der Waals surface area contributed by atoms with Crippen molar-refractivity contribution in [3.8, 4) is 0 Å². The zero-order valence-electron chi connectivity index (χ0n) is 52.5. The third-order valence-corrected chi connectivity index (χ3v) is 16.4. The lowest BCUT2D eigenvalue weighted by molar-refractivity contribution is -0.152. The Labute approximate surface area is 482 Å². The highest BCUT2D eigenvalue weighted by molar-refractivity contribution is 5.70. The number of hydrogen-bond acceptors (Lipinski definition) is 11. The molecule has 1 aliphatic heterocycles. The summed E-state index contributed by atoms with van der Waals surface area (Å²) in [6.07, 6.45) is 48.7. The van der Waals surface area contributed by atoms with E-state index in [1.54, 1.807) is 0 Å². The van der Waals surface area contributed by atoms with E-state index in [9.17, 15) is 19.2 Å². The molecule has 0 aliphatic carbocycles. The Balaban J connectivity index is 2.83. The van der Waals surface area contributed by atoms with Crippen molar-refractivity contribution in [3.05, 3.63) is 0 Å². The fourth-order valence-electron chi connectivity index (χ4n) is 11.2. The van der Waals surface area contributed by atoms with Crippen molar-refractivity contribution in [1.82, 2.24) is 14.7 Å². The van der Waals surface area contributed by atoms with Crippen LogP contribution >= 0.6 is 0 Å². The monoisotopic (exact) mass is 1100 g/mol. The molecule has 78 heavy (non-hydrogen) atoms. The zero-order chi connectivity index (χ0) is 56.8. The molecule has 1 fully saturated rings. The van der Waals surface area contributed by atoms with E-state index in [4.69, 9.17) is 18.9 Å². The quantitative estimate of drug-likeness (QED) is 0.0329. The highest BCUT2D eigenvalue weighted by atomic mass is 16.6. The molecule has 0 saturated carbocycles. The van der Waals surface area contributed by atoms with Gasteiger partial charge in [-0.3, -0.25) is 24.1 Å². The lowest BCUT2D eigenvalue weighted by atomic mass is 9.98. The minimum absolute atomic E-state index is 0.00217. The van der Waals surface area contributed by atoms with Crippen molar-refractivity contribution in [2.24, 2.45) is 0 Å². The summed E-state index contributed by atoms with van der Waals surface area (Å²) in [6, 6.07) is 0.395. The molecule has 0 aromatic rings. The maximum Gasteiger partial charge on any atom is 0.307 e. The van der Waals surface area contributed by atoms with Gasteiger partial charge in [-0.15, -0.1) is 0 Å². The largest absolute Gasteiger partial charge is 0.462 e. The maximum absolute atomic E-state index is 13.2. The Kier molecular flexibility index (Phi) is 52.3. The fourth-order valence-corrected chi connectivity index (χ4v) is 11.2. The average Bonchev–Trinajstić information content (AvgIpc) is 3.43. The molecule has 0 amide bonds. The third-order valence-electron chi connectivity index (χ3n) is 16.4. The number of nitrogens with zero attached hydrogens (tertiary/aromatic N) is 3. The van der Waals surface area contributed by atoms with Gasteiger partial charge in [0, 0.05) is 58.0 Å². The molecule has 0 aromatic carbocycles. The van der Waals surface area contributed by atoms with E-state index >= 15 is 0 Å². The maximum atomic E-state index is 13.2. The second kappa shape index (κ2) is 55.3. The summed E-state index contributed by atoms with van der Waals surface area (Å²) in [5, 5.41) is 0. The van der Waals surface area contributed by atoms with Crippen LogP contribution in [0.25, 0.3) is 0 Å². The molecule has 11 nitrogen and oxygen atoms in total. The number of hydrogen-bond donors (Lipinski definition) is 0. The lowest BCUT2D eigenvalue weighted by Crippen LogP contribution is -2.45. The van der Waals surface area contributed by atoms with Gasteiger partial charge in [0.25, 0.3) is 0 Å². The standard InChI is InChI=1S/C67H129N3O8/c1-7-12-17-22-29-38-48-64(71)75-59-60-76-65(72)51-54-70(53-41-52-69-57-55-68(6)56-58-69)61(42-32-27-23-25-30-39-49-66(73)77-62(44-34-18-13-8-2)45-35-19-14-9-3)43-33-28-24-26-31-40-50-67(74)78-63(46-36-20-15-10-4)47-37-21-16-11-5/h61-63H,7-60H2,1-6H3. The summed E-state index contributed by atoms with van der Waals surface area (Å²) in [6.45, 7) is 18.5. The molecule has 1 aliphatic rings. The van der Waals surface area contributed by atoms with Crippen molar-refractivity contribution >= 4 is 23.9 Å². The van der Waals surface area contributed by atoms with Crippen LogP contribution in [0.15, 0.2) is 0 Å². The second-order valence-corrected chi connectivity index (χ2v) is 23.8. The highest BCUT2D eigenvalue weighted by Crippen LogP contribution is 2.23. The number of rotatable bonds is 58. The summed E-state index contributed by atoms with van der Waals surface area (Å²) in [5.41, 5.74) is 0. The molecule has 1 saturated heterocycles. The Hall–Kier alpha value is -2.24. The van der Waals surface area contributed by atoms with Gasteiger partial charge in [0.1, 0.15) is 25.4 Å². The molecule has 0 bridgehead atoms. The van der Waals surface area contributed by atoms with Gasteiger partial charge < -0.3 is 28.7 Å². The van der Waals surface area contributed by atoms with E-state index in [1.165, 1.54) is 122 Å². The number of unbranched alkanes of at least 4 members (excludes halogenated alkanes) is 27. The van der Waals surface area contributed by atoms with Crippen LogP contribution < -0.4 is 0 Å². The highest BCUT2D eigenvalue weighted by Gasteiger charge is 2.22. The van der Waals surface area contributed by atoms with Crippen molar-refractivity contribution in [1.29, 1.82) is 0 Å². The van der Waals surface area contributed by atoms with Crippen LogP contribution in [-0.4, -0.2) is 123 Å². The Morgan fingerprint density at radius 2 is 0.679 bits per heavy atom. The molecular weight excluding hydrogens is 975 g/mol. The Morgan fingerprint density at radius 3 is 1.08 bits per heavy atom. The summed E-state index contributed by atoms with van der Waals surface area (Å²) >= 11 is 0. The predicted molar refractivity (Wildman–Crippen MR) is 327 cm³/mol. The molecular formula is C67H129N3O8. The van der Waals surface area contributed by atoms with E-state index in [0.29, 0.717) is 38.3 Å². The molecule has 0 atom stereocenters. The molecule has 0 N–H and O–H groups in total. The molecule has 0 spiro atoms. The smallest absolute Gasteiger partial charge is 0.307 e. The summed E-state index contributed by atoms with van der Waals surface area (Å²) < 4.78 is 23.2. The minimum atomic E-state index is -0.221. The molecule has 1 heterocycles. The summed E-state index contributed by atoms with van der Waals surface area (Å²) in [5.74, 6) is -0.428. The molecule has 0 unspecified atom stereocenters. The van der Waals surface area contributed by atoms with Gasteiger partial charge in [-0.05, 0) is 110 Å². The summed E-state index contributed by atoms with van der Waals surface area (Å²) in [7, 11) is 2.21. The van der Waals surface area contributed by atoms with Crippen LogP contribution in [0, 0.1) is 0 Å². The van der Waals surface area contributed by atoms with Crippen molar-refractivity contribution in [2.45, 2.75) is 342 Å². The lowest BCUT2D eigenvalue weighted by Gasteiger charge is -2.35. The van der Waals surface area contributed by atoms with E-state index < -0.39 is 0 Å². The SMILES string of the molecule is CCCCCCCCC(=O)OCCOC(=O)CCN(CCCN1CCN(C)CC1)C(CCCCCCCCC(=O)OC(CCCCCC)CCCCCC)CCCCCCCCC(=O)OC(CCCCCC)CCCCCC. The topological polar surface area (TPSA) is 115 Å². The van der Waals surface area contributed by atoms with Gasteiger partial charge in [0.2, 0.25) is 0 Å². The first-order valence-electron chi connectivity index (χ1n) is 34.0. The van der Waals surface area contributed by atoms with E-state index in [-0.39, 0.29) is 49.3 Å². The van der Waals surface area contributed by atoms with Crippen LogP contribution in [0.3, 0.4) is 0 Å². The molecule has 1 rings (SSSR count). The first-order chi connectivity index (χ1) is 38.1. The van der Waals surface area contributed by atoms with Crippen LogP contribution in [-0.2, 0) is 38.1 Å². The van der Waals surface area contributed by atoms with E-state index in [0.717, 1.165) is 181 Å². The first kappa shape index (κ1) is 73.8. The number of carbonyl (C=O) groups excluding carboxylic acids is 4. The van der Waals surface area contributed by atoms with E-state index in [2.05, 4.69) is 56.4 Å². The molecule has 0 radical (unpaired) electrons. The molecule has 460 valence electrons.